The molecular formula is C26H47N5O5Si2. The molecule has 0 amide bonds. The first-order valence-corrected chi connectivity index (χ1v) is 18.1. The molecule has 12 heteroatoms. The Morgan fingerprint density at radius 2 is 1.63 bits per heavy atom. The summed E-state index contributed by atoms with van der Waals surface area (Å²) < 4.78 is 29.8. The standard InChI is InChI=1S/C26H47N5O5Si2/c1-15(2)12-27-26-29-24-23(25(32)30-26)28-14-31(24)22-11-20-21(34-22)13-33-37(16(3)4,17(5)6)36-38(35-20,18(7)8)19(9)10/h14-22H,11-13H2,1-10H3,(H2,27,29,30,32)/t20-,21+,22-/m1/s1. The van der Waals surface area contributed by atoms with E-state index in [1.165, 1.54) is 0 Å². The first-order chi connectivity index (χ1) is 17.8. The first kappa shape index (κ1) is 29.4. The topological polar surface area (TPSA) is 113 Å². The molecule has 0 radical (unpaired) electrons. The van der Waals surface area contributed by atoms with Gasteiger partial charge in [-0.1, -0.05) is 69.2 Å². The zero-order chi connectivity index (χ0) is 28.0. The molecule has 4 rings (SSSR count). The third-order valence-electron chi connectivity index (χ3n) is 7.95. The molecule has 0 bridgehead atoms. The van der Waals surface area contributed by atoms with Crippen molar-refractivity contribution in [2.45, 2.75) is 116 Å². The molecule has 10 nitrogen and oxygen atoms in total. The van der Waals surface area contributed by atoms with Crippen molar-refractivity contribution < 1.29 is 17.7 Å². The monoisotopic (exact) mass is 565 g/mol. The van der Waals surface area contributed by atoms with Crippen molar-refractivity contribution in [2.75, 3.05) is 18.5 Å². The van der Waals surface area contributed by atoms with Gasteiger partial charge >= 0.3 is 17.1 Å². The summed E-state index contributed by atoms with van der Waals surface area (Å²) in [6.45, 7) is 23.1. The predicted octanol–water partition coefficient (Wildman–Crippen LogP) is 5.43. The average Bonchev–Trinajstić information content (AvgIpc) is 3.41. The van der Waals surface area contributed by atoms with E-state index in [-0.39, 0.29) is 46.2 Å². The number of nitrogens with one attached hydrogen (secondary N) is 2. The van der Waals surface area contributed by atoms with Crippen LogP contribution < -0.4 is 10.9 Å². The fourth-order valence-electron chi connectivity index (χ4n) is 5.83. The molecule has 0 spiro atoms. The Hall–Kier alpha value is -1.58. The third-order valence-corrected chi connectivity index (χ3v) is 18.2. The van der Waals surface area contributed by atoms with Gasteiger partial charge in [0, 0.05) is 13.0 Å². The molecule has 0 saturated carbocycles. The van der Waals surface area contributed by atoms with Gasteiger partial charge in [-0.2, -0.15) is 4.98 Å². The number of hydrogen-bond acceptors (Lipinski definition) is 8. The summed E-state index contributed by atoms with van der Waals surface area (Å²) in [5.74, 6) is 0.846. The minimum absolute atomic E-state index is 0.180. The lowest BCUT2D eigenvalue weighted by atomic mass is 10.2. The van der Waals surface area contributed by atoms with Gasteiger partial charge in [0.25, 0.3) is 5.56 Å². The molecule has 2 fully saturated rings. The maximum absolute atomic E-state index is 12.7. The van der Waals surface area contributed by atoms with Crippen LogP contribution in [-0.4, -0.2) is 62.0 Å². The van der Waals surface area contributed by atoms with Crippen LogP contribution in [0.2, 0.25) is 22.2 Å². The van der Waals surface area contributed by atoms with Gasteiger partial charge in [-0.15, -0.1) is 0 Å². The Labute approximate surface area is 228 Å². The Kier molecular flexibility index (Phi) is 8.61. The van der Waals surface area contributed by atoms with E-state index in [0.29, 0.717) is 42.6 Å². The number of nitrogens with zero attached hydrogens (tertiary/aromatic N) is 3. The first-order valence-electron chi connectivity index (χ1n) is 14.2. The van der Waals surface area contributed by atoms with Gasteiger partial charge in [-0.25, -0.2) is 4.98 Å². The molecule has 4 heterocycles. The molecule has 0 unspecified atom stereocenters. The van der Waals surface area contributed by atoms with Gasteiger partial charge in [0.05, 0.1) is 19.0 Å². The number of imidazole rings is 1. The molecule has 2 aromatic rings. The third kappa shape index (κ3) is 5.27. The minimum atomic E-state index is -2.72. The second-order valence-corrected chi connectivity index (χ2v) is 21.4. The molecule has 0 aliphatic carbocycles. The molecule has 2 saturated heterocycles. The van der Waals surface area contributed by atoms with Crippen LogP contribution in [0.25, 0.3) is 11.2 Å². The van der Waals surface area contributed by atoms with Crippen molar-refractivity contribution in [1.29, 1.82) is 0 Å². The number of H-pyrrole nitrogens is 1. The van der Waals surface area contributed by atoms with E-state index in [4.69, 9.17) is 22.7 Å². The fraction of sp³-hybridized carbons (Fsp3) is 0.808. The summed E-state index contributed by atoms with van der Waals surface area (Å²) in [5.41, 5.74) is 1.57. The summed E-state index contributed by atoms with van der Waals surface area (Å²) >= 11 is 0. The lowest BCUT2D eigenvalue weighted by molar-refractivity contribution is -0.0544. The average molecular weight is 566 g/mol. The van der Waals surface area contributed by atoms with Crippen LogP contribution >= 0.6 is 0 Å². The van der Waals surface area contributed by atoms with Crippen LogP contribution in [0.1, 0.15) is 81.9 Å². The van der Waals surface area contributed by atoms with Crippen molar-refractivity contribution in [2.24, 2.45) is 5.92 Å². The van der Waals surface area contributed by atoms with Gasteiger partial charge in [0.15, 0.2) is 11.2 Å². The fourth-order valence-corrected chi connectivity index (χ4v) is 17.0. The number of aromatic nitrogens is 4. The van der Waals surface area contributed by atoms with Crippen molar-refractivity contribution in [3.8, 4) is 0 Å². The van der Waals surface area contributed by atoms with Crippen LogP contribution in [0, 0.1) is 5.92 Å². The summed E-state index contributed by atoms with van der Waals surface area (Å²) in [5, 5.41) is 3.22. The van der Waals surface area contributed by atoms with Gasteiger partial charge < -0.3 is 23.0 Å². The predicted molar refractivity (Wildman–Crippen MR) is 154 cm³/mol. The zero-order valence-electron chi connectivity index (χ0n) is 24.7. The summed E-state index contributed by atoms with van der Waals surface area (Å²) in [6.07, 6.45) is 1.47. The van der Waals surface area contributed by atoms with E-state index in [0.717, 1.165) is 0 Å². The molecule has 214 valence electrons. The van der Waals surface area contributed by atoms with E-state index in [1.807, 2.05) is 4.57 Å². The van der Waals surface area contributed by atoms with E-state index in [2.05, 4.69) is 84.5 Å². The minimum Gasteiger partial charge on any atom is -0.414 e. The number of ether oxygens (including phenoxy) is 1. The van der Waals surface area contributed by atoms with E-state index in [9.17, 15) is 4.79 Å². The second kappa shape index (κ2) is 11.1. The van der Waals surface area contributed by atoms with Gasteiger partial charge in [-0.05, 0) is 28.1 Å². The molecule has 3 atom stereocenters. The van der Waals surface area contributed by atoms with Crippen molar-refractivity contribution in [1.82, 2.24) is 19.5 Å². The Morgan fingerprint density at radius 1 is 1.00 bits per heavy atom. The Balaban J connectivity index is 1.70. The van der Waals surface area contributed by atoms with Crippen molar-refractivity contribution >= 4 is 34.2 Å². The summed E-state index contributed by atoms with van der Waals surface area (Å²) in [7, 11) is -5.36. The molecular weight excluding hydrogens is 518 g/mol. The lowest BCUT2D eigenvalue weighted by Crippen LogP contribution is -2.65. The smallest absolute Gasteiger partial charge is 0.335 e. The van der Waals surface area contributed by atoms with Crippen LogP contribution in [0.5, 0.6) is 0 Å². The van der Waals surface area contributed by atoms with Crippen LogP contribution in [0.4, 0.5) is 5.95 Å². The highest BCUT2D eigenvalue weighted by molar-refractivity contribution is 6.83. The quantitative estimate of drug-likeness (QED) is 0.408. The maximum Gasteiger partial charge on any atom is 0.335 e. The Morgan fingerprint density at radius 3 is 2.21 bits per heavy atom. The number of aromatic amines is 1. The second-order valence-electron chi connectivity index (χ2n) is 12.5. The summed E-state index contributed by atoms with van der Waals surface area (Å²) in [6, 6.07) is 0. The summed E-state index contributed by atoms with van der Waals surface area (Å²) in [4.78, 5) is 24.6. The molecule has 0 aromatic carbocycles. The highest BCUT2D eigenvalue weighted by Crippen LogP contribution is 2.48. The normalized spacial score (nSPS) is 25.5. The highest BCUT2D eigenvalue weighted by Gasteiger charge is 2.60. The van der Waals surface area contributed by atoms with E-state index < -0.39 is 17.1 Å². The largest absolute Gasteiger partial charge is 0.414 e. The van der Waals surface area contributed by atoms with Crippen LogP contribution in [0.3, 0.4) is 0 Å². The number of fused-ring (bicyclic) bond motifs is 2. The van der Waals surface area contributed by atoms with E-state index in [1.54, 1.807) is 6.33 Å². The highest BCUT2D eigenvalue weighted by atomic mass is 28.5. The maximum atomic E-state index is 12.7. The zero-order valence-corrected chi connectivity index (χ0v) is 26.7. The Bertz CT molecular complexity index is 1150. The molecule has 2 aliphatic heterocycles. The molecule has 2 aromatic heterocycles. The van der Waals surface area contributed by atoms with Crippen molar-refractivity contribution in [3.63, 3.8) is 0 Å². The molecule has 2 N–H and O–H groups in total. The van der Waals surface area contributed by atoms with E-state index >= 15 is 0 Å². The van der Waals surface area contributed by atoms with Gasteiger partial charge in [0.2, 0.25) is 5.95 Å². The number of anilines is 1. The molecule has 38 heavy (non-hydrogen) atoms. The van der Waals surface area contributed by atoms with Crippen LogP contribution in [-0.2, 0) is 17.7 Å². The van der Waals surface area contributed by atoms with Gasteiger partial charge in [0.1, 0.15) is 12.3 Å². The number of hydrogen-bond donors (Lipinski definition) is 2. The lowest BCUT2D eigenvalue weighted by Gasteiger charge is -2.51. The SMILES string of the molecule is CC(C)CNc1nc2c(ncn2[C@H]2C[C@H]3O[Si](C(C)C)(C(C)C)O[Si](C(C)C)(C(C)C)OC[C@@H]3O2)c(=O)[nH]1. The molecule has 2 aliphatic rings. The van der Waals surface area contributed by atoms with Crippen molar-refractivity contribution in [3.05, 3.63) is 16.7 Å². The van der Waals surface area contributed by atoms with Crippen LogP contribution in [0.15, 0.2) is 11.1 Å². The van der Waals surface area contributed by atoms with Gasteiger partial charge in [-0.3, -0.25) is 14.3 Å². The number of rotatable bonds is 8.